The quantitative estimate of drug-likeness (QED) is 0.867. The van der Waals surface area contributed by atoms with Gasteiger partial charge in [-0.15, -0.1) is 11.3 Å². The number of hydrogen-bond donors (Lipinski definition) is 0. The van der Waals surface area contributed by atoms with Crippen molar-refractivity contribution in [1.29, 1.82) is 0 Å². The molecular formula is C15H15FN2OS. The van der Waals surface area contributed by atoms with Crippen molar-refractivity contribution in [1.82, 2.24) is 9.88 Å². The van der Waals surface area contributed by atoms with Gasteiger partial charge in [0.2, 0.25) is 0 Å². The van der Waals surface area contributed by atoms with E-state index in [-0.39, 0.29) is 11.7 Å². The minimum absolute atomic E-state index is 0.0513. The van der Waals surface area contributed by atoms with Gasteiger partial charge in [0.05, 0.1) is 11.2 Å². The van der Waals surface area contributed by atoms with Gasteiger partial charge in [0.1, 0.15) is 10.7 Å². The number of carbonyl (C=O) groups excluding carboxylic acids is 1. The first-order chi connectivity index (χ1) is 9.63. The third-order valence-corrected chi connectivity index (χ3v) is 4.43. The zero-order valence-corrected chi connectivity index (χ0v) is 12.0. The predicted molar refractivity (Wildman–Crippen MR) is 76.4 cm³/mol. The molecule has 0 unspecified atom stereocenters. The Kier molecular flexibility index (Phi) is 3.53. The minimum atomic E-state index is -0.241. The summed E-state index contributed by atoms with van der Waals surface area (Å²) in [6.45, 7) is 0. The summed E-state index contributed by atoms with van der Waals surface area (Å²) >= 11 is 1.42. The lowest BCUT2D eigenvalue weighted by Crippen LogP contribution is -2.27. The maximum atomic E-state index is 12.8. The van der Waals surface area contributed by atoms with Crippen LogP contribution in [0.25, 0.3) is 0 Å². The summed E-state index contributed by atoms with van der Waals surface area (Å²) in [6, 6.07) is 6.78. The van der Waals surface area contributed by atoms with Crippen LogP contribution in [0.2, 0.25) is 0 Å². The van der Waals surface area contributed by atoms with Crippen LogP contribution in [0.15, 0.2) is 30.5 Å². The molecule has 0 atom stereocenters. The molecule has 1 aromatic heterocycles. The maximum absolute atomic E-state index is 12.8. The molecule has 104 valence electrons. The SMILES string of the molecule is CN(C(=O)c1cnc(Cc2ccc(F)cc2)s1)C1CC1. The third-order valence-electron chi connectivity index (χ3n) is 3.45. The van der Waals surface area contributed by atoms with Crippen molar-refractivity contribution in [2.24, 2.45) is 0 Å². The Morgan fingerprint density at radius 1 is 1.40 bits per heavy atom. The Bertz CT molecular complexity index is 619. The van der Waals surface area contributed by atoms with Crippen LogP contribution in [0.3, 0.4) is 0 Å². The van der Waals surface area contributed by atoms with Crippen LogP contribution in [0.5, 0.6) is 0 Å². The number of thiazole rings is 1. The molecule has 0 radical (unpaired) electrons. The van der Waals surface area contributed by atoms with Crippen molar-refractivity contribution in [3.8, 4) is 0 Å². The zero-order valence-electron chi connectivity index (χ0n) is 11.2. The van der Waals surface area contributed by atoms with Gasteiger partial charge in [-0.2, -0.15) is 0 Å². The van der Waals surface area contributed by atoms with Gasteiger partial charge in [0.25, 0.3) is 5.91 Å². The summed E-state index contributed by atoms with van der Waals surface area (Å²) in [4.78, 5) is 19.0. The largest absolute Gasteiger partial charge is 0.338 e. The smallest absolute Gasteiger partial charge is 0.265 e. The average molecular weight is 290 g/mol. The lowest BCUT2D eigenvalue weighted by atomic mass is 10.2. The molecule has 20 heavy (non-hydrogen) atoms. The highest BCUT2D eigenvalue weighted by atomic mass is 32.1. The van der Waals surface area contributed by atoms with Crippen LogP contribution in [0.1, 0.15) is 33.1 Å². The summed E-state index contributed by atoms with van der Waals surface area (Å²) in [5, 5.41) is 0.879. The molecule has 2 aromatic rings. The van der Waals surface area contributed by atoms with Gasteiger partial charge >= 0.3 is 0 Å². The van der Waals surface area contributed by atoms with Crippen LogP contribution < -0.4 is 0 Å². The van der Waals surface area contributed by atoms with E-state index >= 15 is 0 Å². The highest BCUT2D eigenvalue weighted by Gasteiger charge is 2.30. The average Bonchev–Trinajstić information content (AvgIpc) is 3.20. The van der Waals surface area contributed by atoms with E-state index in [9.17, 15) is 9.18 Å². The lowest BCUT2D eigenvalue weighted by molar-refractivity contribution is 0.0789. The van der Waals surface area contributed by atoms with Crippen LogP contribution in [-0.4, -0.2) is 28.9 Å². The first-order valence-electron chi connectivity index (χ1n) is 6.60. The highest BCUT2D eigenvalue weighted by molar-refractivity contribution is 7.13. The van der Waals surface area contributed by atoms with E-state index in [1.54, 1.807) is 23.2 Å². The van der Waals surface area contributed by atoms with E-state index in [0.717, 1.165) is 23.4 Å². The molecule has 0 N–H and O–H groups in total. The van der Waals surface area contributed by atoms with E-state index in [4.69, 9.17) is 0 Å². The molecule has 1 aliphatic carbocycles. The molecule has 0 aliphatic heterocycles. The van der Waals surface area contributed by atoms with Gasteiger partial charge < -0.3 is 4.90 Å². The molecular weight excluding hydrogens is 275 g/mol. The second-order valence-electron chi connectivity index (χ2n) is 5.07. The van der Waals surface area contributed by atoms with Crippen LogP contribution >= 0.6 is 11.3 Å². The van der Waals surface area contributed by atoms with Gasteiger partial charge in [0, 0.05) is 19.5 Å². The predicted octanol–water partition coefficient (Wildman–Crippen LogP) is 3.11. The Hall–Kier alpha value is -1.75. The molecule has 3 rings (SSSR count). The second kappa shape index (κ2) is 5.32. The van der Waals surface area contributed by atoms with Gasteiger partial charge in [-0.1, -0.05) is 12.1 Å². The second-order valence-corrected chi connectivity index (χ2v) is 6.18. The van der Waals surface area contributed by atoms with E-state index < -0.39 is 0 Å². The van der Waals surface area contributed by atoms with Gasteiger partial charge in [-0.25, -0.2) is 9.37 Å². The maximum Gasteiger partial charge on any atom is 0.265 e. The molecule has 5 heteroatoms. The molecule has 1 fully saturated rings. The summed E-state index contributed by atoms with van der Waals surface area (Å²) < 4.78 is 12.8. The number of amides is 1. The number of rotatable bonds is 4. The van der Waals surface area contributed by atoms with Crippen molar-refractivity contribution >= 4 is 17.2 Å². The van der Waals surface area contributed by atoms with Gasteiger partial charge in [0.15, 0.2) is 0 Å². The lowest BCUT2D eigenvalue weighted by Gasteiger charge is -2.14. The normalized spacial score (nSPS) is 14.3. The fourth-order valence-electron chi connectivity index (χ4n) is 2.07. The number of aromatic nitrogens is 1. The van der Waals surface area contributed by atoms with Crippen LogP contribution in [-0.2, 0) is 6.42 Å². The van der Waals surface area contributed by atoms with Crippen molar-refractivity contribution in [2.75, 3.05) is 7.05 Å². The van der Waals surface area contributed by atoms with E-state index in [1.807, 2.05) is 7.05 Å². The highest BCUT2D eigenvalue weighted by Crippen LogP contribution is 2.28. The van der Waals surface area contributed by atoms with E-state index in [0.29, 0.717) is 17.3 Å². The Labute approximate surface area is 121 Å². The van der Waals surface area contributed by atoms with Gasteiger partial charge in [-0.05, 0) is 30.5 Å². The van der Waals surface area contributed by atoms with Crippen molar-refractivity contribution in [3.63, 3.8) is 0 Å². The Morgan fingerprint density at radius 2 is 2.10 bits per heavy atom. The van der Waals surface area contributed by atoms with E-state index in [2.05, 4.69) is 4.98 Å². The minimum Gasteiger partial charge on any atom is -0.338 e. The Balaban J connectivity index is 1.70. The molecule has 1 heterocycles. The first kappa shape index (κ1) is 13.2. The van der Waals surface area contributed by atoms with Crippen molar-refractivity contribution in [3.05, 3.63) is 51.7 Å². The Morgan fingerprint density at radius 3 is 2.75 bits per heavy atom. The summed E-state index contributed by atoms with van der Waals surface area (Å²) in [7, 11) is 1.85. The fraction of sp³-hybridized carbons (Fsp3) is 0.333. The molecule has 3 nitrogen and oxygen atoms in total. The molecule has 1 aliphatic rings. The molecule has 1 amide bonds. The molecule has 1 saturated carbocycles. The van der Waals surface area contributed by atoms with E-state index in [1.165, 1.54) is 23.5 Å². The van der Waals surface area contributed by atoms with Crippen molar-refractivity contribution < 1.29 is 9.18 Å². The van der Waals surface area contributed by atoms with Crippen molar-refractivity contribution in [2.45, 2.75) is 25.3 Å². The number of nitrogens with zero attached hydrogens (tertiary/aromatic N) is 2. The van der Waals surface area contributed by atoms with Crippen LogP contribution in [0, 0.1) is 5.82 Å². The first-order valence-corrected chi connectivity index (χ1v) is 7.41. The van der Waals surface area contributed by atoms with Gasteiger partial charge in [-0.3, -0.25) is 4.79 Å². The summed E-state index contributed by atoms with van der Waals surface area (Å²) in [5.74, 6) is -0.190. The molecule has 0 saturated heterocycles. The molecule has 1 aromatic carbocycles. The summed E-state index contributed by atoms with van der Waals surface area (Å²) in [5.41, 5.74) is 0.996. The number of hydrogen-bond acceptors (Lipinski definition) is 3. The number of halogens is 1. The topological polar surface area (TPSA) is 33.2 Å². The molecule has 0 bridgehead atoms. The summed E-state index contributed by atoms with van der Waals surface area (Å²) in [6.07, 6.45) is 4.48. The number of carbonyl (C=O) groups is 1. The monoisotopic (exact) mass is 290 g/mol. The zero-order chi connectivity index (χ0) is 14.1. The fourth-order valence-corrected chi connectivity index (χ4v) is 3.00. The number of benzene rings is 1. The third kappa shape index (κ3) is 2.88. The standard InChI is InChI=1S/C15H15FN2OS/c1-18(12-6-7-12)15(19)13-9-17-14(20-13)8-10-2-4-11(16)5-3-10/h2-5,9,12H,6-8H2,1H3. The van der Waals surface area contributed by atoms with Crippen LogP contribution in [0.4, 0.5) is 4.39 Å². The molecule has 0 spiro atoms.